The van der Waals surface area contributed by atoms with Crippen molar-refractivity contribution in [2.24, 2.45) is 11.8 Å². The maximum absolute atomic E-state index is 13.6. The number of carbonyl (C=O) groups is 6. The highest BCUT2D eigenvalue weighted by molar-refractivity contribution is 6.25. The van der Waals surface area contributed by atoms with E-state index in [1.807, 2.05) is 37.3 Å². The monoisotopic (exact) mass is 1010 g/mol. The molecule has 2 aromatic carbocycles. The van der Waals surface area contributed by atoms with Crippen molar-refractivity contribution in [2.45, 2.75) is 116 Å². The molecule has 0 saturated carbocycles. The quantitative estimate of drug-likeness (QED) is 0.0777. The van der Waals surface area contributed by atoms with Crippen LogP contribution >= 0.6 is 0 Å². The second-order valence-corrected chi connectivity index (χ2v) is 20.4. The van der Waals surface area contributed by atoms with Crippen molar-refractivity contribution in [3.05, 3.63) is 76.7 Å². The van der Waals surface area contributed by atoms with E-state index in [0.717, 1.165) is 119 Å². The van der Waals surface area contributed by atoms with Crippen LogP contribution < -0.4 is 31.1 Å². The Bertz CT molecular complexity index is 2350. The molecular formula is C55H79N11O7. The number of likely N-dealkylation sites (tertiary alicyclic amines) is 2. The number of imide groups is 2. The number of morpholine rings is 1. The van der Waals surface area contributed by atoms with Gasteiger partial charge in [0.25, 0.3) is 17.7 Å². The van der Waals surface area contributed by atoms with Crippen LogP contribution in [0.4, 0.5) is 17.2 Å². The average Bonchev–Trinajstić information content (AvgIpc) is 3.67. The van der Waals surface area contributed by atoms with Crippen molar-refractivity contribution in [3.8, 4) is 0 Å². The number of amides is 6. The van der Waals surface area contributed by atoms with Crippen molar-refractivity contribution >= 4 is 53.1 Å². The minimum Gasteiger partial charge on any atom is -0.382 e. The maximum Gasteiger partial charge on any atom is 0.264 e. The topological polar surface area (TPSA) is 202 Å². The summed E-state index contributed by atoms with van der Waals surface area (Å²) in [6.07, 6.45) is 10.4. The van der Waals surface area contributed by atoms with Crippen LogP contribution in [0, 0.1) is 11.8 Å². The number of aromatic nitrogens is 2. The normalized spacial score (nSPS) is 19.9. The smallest absolute Gasteiger partial charge is 0.264 e. The molecule has 6 heterocycles. The van der Waals surface area contributed by atoms with E-state index < -0.39 is 23.8 Å². The van der Waals surface area contributed by atoms with E-state index >= 15 is 0 Å². The molecule has 0 radical (unpaired) electrons. The van der Waals surface area contributed by atoms with Gasteiger partial charge in [-0.1, -0.05) is 32.8 Å². The maximum atomic E-state index is 13.6. The van der Waals surface area contributed by atoms with Crippen LogP contribution in [0.25, 0.3) is 0 Å². The van der Waals surface area contributed by atoms with Gasteiger partial charge in [-0.25, -0.2) is 9.97 Å². The fraction of sp³-hybridized carbons (Fsp3) is 0.600. The van der Waals surface area contributed by atoms with Gasteiger partial charge in [0.05, 0.1) is 36.1 Å². The number of fused-ring (bicyclic) bond motifs is 1. The van der Waals surface area contributed by atoms with Crippen LogP contribution in [-0.4, -0.2) is 158 Å². The first-order chi connectivity index (χ1) is 35.4. The molecule has 396 valence electrons. The van der Waals surface area contributed by atoms with Gasteiger partial charge in [-0.3, -0.25) is 39.0 Å². The molecule has 4 N–H and O–H groups in total. The van der Waals surface area contributed by atoms with Crippen molar-refractivity contribution in [3.63, 3.8) is 0 Å². The molecule has 18 nitrogen and oxygen atoms in total. The number of anilines is 3. The van der Waals surface area contributed by atoms with Crippen molar-refractivity contribution in [1.29, 1.82) is 0 Å². The molecule has 0 spiro atoms. The van der Waals surface area contributed by atoms with Gasteiger partial charge in [0.2, 0.25) is 18.2 Å². The second kappa shape index (κ2) is 26.8. The predicted octanol–water partition coefficient (Wildman–Crippen LogP) is 5.44. The summed E-state index contributed by atoms with van der Waals surface area (Å²) in [7, 11) is 1.56. The fourth-order valence-electron chi connectivity index (χ4n) is 10.7. The molecule has 3 aromatic rings. The van der Waals surface area contributed by atoms with Gasteiger partial charge >= 0.3 is 0 Å². The van der Waals surface area contributed by atoms with Crippen LogP contribution in [-0.2, 0) is 25.5 Å². The summed E-state index contributed by atoms with van der Waals surface area (Å²) in [4.78, 5) is 95.0. The highest BCUT2D eigenvalue weighted by Gasteiger charge is 2.46. The first-order valence-corrected chi connectivity index (χ1v) is 26.9. The van der Waals surface area contributed by atoms with Gasteiger partial charge in [-0.05, 0) is 127 Å². The number of hydrogen-bond donors (Lipinski definition) is 4. The Labute approximate surface area is 431 Å². The van der Waals surface area contributed by atoms with E-state index in [2.05, 4.69) is 67.7 Å². The van der Waals surface area contributed by atoms with Gasteiger partial charge < -0.3 is 40.3 Å². The summed E-state index contributed by atoms with van der Waals surface area (Å²) >= 11 is 0. The lowest BCUT2D eigenvalue weighted by molar-refractivity contribution is -0.136. The molecule has 0 aliphatic carbocycles. The standard InChI is InChI=1S/C53H74N10O6.C2H5NO/c1-5-7-10-36(3)34-61(6-2)47-33-44(37(4)54-50(65)39-14-16-41(17-15-39)62-29-31-69-32-30-62)56-46(57-47)13-9-24-59-25-20-38(21-26-59)35-60-27-22-40(23-28-60)55-43-12-8-11-42-49(43)53(68)63(52(42)67)45-18-19-48(64)58-51(45)66;1-3-2-4/h8,11-12,14-17,33,36-38,40,45,55H,5-7,9-10,13,18-32,34-35H2,1-4H3,(H,54,65)(H,58,64,66);2H,1H3,(H,3,4). The molecule has 4 saturated heterocycles. The van der Waals surface area contributed by atoms with Crippen molar-refractivity contribution < 1.29 is 33.5 Å². The molecule has 5 aliphatic rings. The Morgan fingerprint density at radius 3 is 2.27 bits per heavy atom. The Balaban J connectivity index is 0.00000188. The Morgan fingerprint density at radius 1 is 0.890 bits per heavy atom. The number of hydrogen-bond acceptors (Lipinski definition) is 14. The van der Waals surface area contributed by atoms with Gasteiger partial charge in [-0.2, -0.15) is 0 Å². The Kier molecular flexibility index (Phi) is 20.1. The lowest BCUT2D eigenvalue weighted by Crippen LogP contribution is -2.54. The van der Waals surface area contributed by atoms with Crippen LogP contribution in [0.3, 0.4) is 0 Å². The summed E-state index contributed by atoms with van der Waals surface area (Å²) in [6.45, 7) is 19.8. The van der Waals surface area contributed by atoms with Crippen LogP contribution in [0.5, 0.6) is 0 Å². The Morgan fingerprint density at radius 2 is 1.60 bits per heavy atom. The zero-order valence-corrected chi connectivity index (χ0v) is 43.8. The molecule has 4 fully saturated rings. The number of nitrogens with zero attached hydrogens (tertiary/aromatic N) is 7. The molecule has 1 aromatic heterocycles. The van der Waals surface area contributed by atoms with Crippen LogP contribution in [0.2, 0.25) is 0 Å². The third-order valence-corrected chi connectivity index (χ3v) is 15.0. The lowest BCUT2D eigenvalue weighted by atomic mass is 9.94. The molecular weight excluding hydrogens is 927 g/mol. The molecule has 8 rings (SSSR count). The number of rotatable bonds is 21. The SMILES string of the molecule is CCCCC(C)CN(CC)c1cc(C(C)NC(=O)c2ccc(N3CCOCC3)cc2)nc(CCCN2CCC(CN3CCC(Nc4cccc5c4C(=O)N(C4CCC(=O)NC4=O)C5=O)CC3)CC2)n1.CNC=O. The summed E-state index contributed by atoms with van der Waals surface area (Å²) < 4.78 is 5.51. The fourth-order valence-corrected chi connectivity index (χ4v) is 10.7. The molecule has 6 amide bonds. The minimum absolute atomic E-state index is 0.0920. The summed E-state index contributed by atoms with van der Waals surface area (Å²) in [5, 5.41) is 11.3. The van der Waals surface area contributed by atoms with E-state index in [1.165, 1.54) is 32.1 Å². The first-order valence-electron chi connectivity index (χ1n) is 26.9. The van der Waals surface area contributed by atoms with E-state index in [0.29, 0.717) is 53.8 Å². The third kappa shape index (κ3) is 14.6. The first kappa shape index (κ1) is 54.8. The van der Waals surface area contributed by atoms with E-state index in [1.54, 1.807) is 19.2 Å². The molecule has 73 heavy (non-hydrogen) atoms. The molecule has 18 heteroatoms. The van der Waals surface area contributed by atoms with Crippen LogP contribution in [0.15, 0.2) is 48.5 Å². The molecule has 3 unspecified atom stereocenters. The van der Waals surface area contributed by atoms with Gasteiger partial charge in [0.15, 0.2) is 0 Å². The van der Waals surface area contributed by atoms with Gasteiger partial charge in [-0.15, -0.1) is 0 Å². The highest BCUT2D eigenvalue weighted by atomic mass is 16.5. The third-order valence-electron chi connectivity index (χ3n) is 15.0. The summed E-state index contributed by atoms with van der Waals surface area (Å²) in [5.74, 6) is 0.882. The van der Waals surface area contributed by atoms with Crippen molar-refractivity contribution in [1.82, 2.24) is 40.6 Å². The summed E-state index contributed by atoms with van der Waals surface area (Å²) in [5.41, 5.74) is 3.81. The minimum atomic E-state index is -0.982. The second-order valence-electron chi connectivity index (χ2n) is 20.4. The van der Waals surface area contributed by atoms with E-state index in [9.17, 15) is 24.0 Å². The zero-order valence-electron chi connectivity index (χ0n) is 43.8. The number of benzene rings is 2. The molecule has 3 atom stereocenters. The largest absolute Gasteiger partial charge is 0.382 e. The van der Waals surface area contributed by atoms with Gasteiger partial charge in [0, 0.05) is 94.7 Å². The Hall–Kier alpha value is -5.98. The number of carbonyl (C=O) groups excluding carboxylic acids is 6. The molecule has 0 bridgehead atoms. The lowest BCUT2D eigenvalue weighted by Gasteiger charge is -2.38. The van der Waals surface area contributed by atoms with Crippen LogP contribution in [0.1, 0.15) is 141 Å². The number of piperidine rings is 3. The van der Waals surface area contributed by atoms with Gasteiger partial charge in [0.1, 0.15) is 17.7 Å². The van der Waals surface area contributed by atoms with E-state index in [4.69, 9.17) is 19.5 Å². The summed E-state index contributed by atoms with van der Waals surface area (Å²) in [6, 6.07) is 14.1. The van der Waals surface area contributed by atoms with E-state index in [-0.39, 0.29) is 36.7 Å². The number of unbranched alkanes of at least 4 members (excludes halogenated alkanes) is 1. The predicted molar refractivity (Wildman–Crippen MR) is 283 cm³/mol. The number of aryl methyl sites for hydroxylation is 1. The highest BCUT2D eigenvalue weighted by Crippen LogP contribution is 2.34. The average molecular weight is 1010 g/mol. The van der Waals surface area contributed by atoms with Crippen molar-refractivity contribution in [2.75, 3.05) is 101 Å². The zero-order chi connectivity index (χ0) is 51.9. The molecule has 5 aliphatic heterocycles. The number of ether oxygens (including phenoxy) is 1. The number of nitrogens with one attached hydrogen (secondary N) is 4.